The summed E-state index contributed by atoms with van der Waals surface area (Å²) in [6, 6.07) is 6.67. The number of oxime groups is 1. The zero-order valence-electron chi connectivity index (χ0n) is 11.9. The van der Waals surface area contributed by atoms with Crippen LogP contribution in [0.25, 0.3) is 0 Å². The van der Waals surface area contributed by atoms with Crippen LogP contribution in [0.5, 0.6) is 0 Å². The third-order valence-corrected chi connectivity index (χ3v) is 4.57. The van der Waals surface area contributed by atoms with Crippen LogP contribution in [-0.4, -0.2) is 37.2 Å². The lowest BCUT2D eigenvalue weighted by molar-refractivity contribution is 0.319. The summed E-state index contributed by atoms with van der Waals surface area (Å²) >= 11 is 0. The fourth-order valence-electron chi connectivity index (χ4n) is 1.54. The Morgan fingerprint density at radius 1 is 1.25 bits per heavy atom. The number of hydrogen-bond donors (Lipinski definition) is 1. The van der Waals surface area contributed by atoms with E-state index in [1.54, 1.807) is 24.3 Å². The molecule has 0 bridgehead atoms. The fraction of sp³-hybridized carbons (Fsp3) is 0.357. The van der Waals surface area contributed by atoms with E-state index in [1.165, 1.54) is 4.31 Å². The van der Waals surface area contributed by atoms with Crippen molar-refractivity contribution >= 4 is 16.2 Å². The van der Waals surface area contributed by atoms with Gasteiger partial charge in [-0.3, -0.25) is 0 Å². The van der Waals surface area contributed by atoms with Crippen LogP contribution in [0.3, 0.4) is 0 Å². The molecule has 0 radical (unpaired) electrons. The lowest BCUT2D eigenvalue weighted by atomic mass is 10.2. The highest BCUT2D eigenvalue weighted by atomic mass is 32.2. The highest BCUT2D eigenvalue weighted by Crippen LogP contribution is 2.16. The molecule has 0 aromatic heterocycles. The molecule has 0 unspecified atom stereocenters. The first kappa shape index (κ1) is 16.4. The van der Waals surface area contributed by atoms with Crippen LogP contribution in [0, 0.1) is 6.92 Å². The topological polar surface area (TPSA) is 70.0 Å². The summed E-state index contributed by atoms with van der Waals surface area (Å²) in [6.45, 7) is 5.96. The van der Waals surface area contributed by atoms with Gasteiger partial charge in [0.15, 0.2) is 0 Å². The maximum absolute atomic E-state index is 12.5. The normalized spacial score (nSPS) is 12.0. The molecule has 1 aromatic rings. The Hall–Kier alpha value is -1.66. The van der Waals surface area contributed by atoms with Crippen molar-refractivity contribution in [3.05, 3.63) is 41.5 Å². The SMILES string of the molecule is CC(C)=CCN(C/C=N/O)S(=O)(=O)c1ccc(C)cc1. The number of allylic oxidation sites excluding steroid dienone is 1. The molecule has 0 saturated heterocycles. The van der Waals surface area contributed by atoms with Crippen molar-refractivity contribution in [2.45, 2.75) is 25.7 Å². The summed E-state index contributed by atoms with van der Waals surface area (Å²) in [7, 11) is -3.60. The predicted octanol–water partition coefficient (Wildman–Crippen LogP) is 2.41. The lowest BCUT2D eigenvalue weighted by Gasteiger charge is -2.19. The molecule has 0 aliphatic heterocycles. The van der Waals surface area contributed by atoms with Crippen molar-refractivity contribution in [3.8, 4) is 0 Å². The maximum atomic E-state index is 12.5. The Morgan fingerprint density at radius 2 is 1.85 bits per heavy atom. The van der Waals surface area contributed by atoms with E-state index in [2.05, 4.69) is 5.16 Å². The van der Waals surface area contributed by atoms with Crippen molar-refractivity contribution in [2.24, 2.45) is 5.16 Å². The van der Waals surface area contributed by atoms with Gasteiger partial charge >= 0.3 is 0 Å². The first-order valence-corrected chi connectivity index (χ1v) is 7.68. The van der Waals surface area contributed by atoms with Crippen molar-refractivity contribution < 1.29 is 13.6 Å². The molecular formula is C14H20N2O3S. The molecule has 6 heteroatoms. The Labute approximate surface area is 120 Å². The van der Waals surface area contributed by atoms with Gasteiger partial charge in [0, 0.05) is 6.54 Å². The molecule has 110 valence electrons. The number of nitrogens with zero attached hydrogens (tertiary/aromatic N) is 2. The molecule has 1 N–H and O–H groups in total. The average molecular weight is 296 g/mol. The van der Waals surface area contributed by atoms with E-state index in [0.717, 1.165) is 17.4 Å². The van der Waals surface area contributed by atoms with E-state index in [9.17, 15) is 8.42 Å². The Balaban J connectivity index is 3.09. The monoisotopic (exact) mass is 296 g/mol. The smallest absolute Gasteiger partial charge is 0.243 e. The number of hydrogen-bond acceptors (Lipinski definition) is 4. The van der Waals surface area contributed by atoms with E-state index in [1.807, 2.05) is 26.8 Å². The molecule has 0 aliphatic rings. The molecule has 0 atom stereocenters. The quantitative estimate of drug-likeness (QED) is 0.379. The summed E-state index contributed by atoms with van der Waals surface area (Å²) in [6.07, 6.45) is 2.97. The van der Waals surface area contributed by atoms with Gasteiger partial charge in [-0.05, 0) is 32.9 Å². The van der Waals surface area contributed by atoms with Crippen LogP contribution in [0.2, 0.25) is 0 Å². The molecule has 20 heavy (non-hydrogen) atoms. The van der Waals surface area contributed by atoms with E-state index in [-0.39, 0.29) is 18.0 Å². The zero-order chi connectivity index (χ0) is 15.2. The van der Waals surface area contributed by atoms with Crippen LogP contribution in [0.15, 0.2) is 46.0 Å². The van der Waals surface area contributed by atoms with Crippen LogP contribution < -0.4 is 0 Å². The largest absolute Gasteiger partial charge is 0.411 e. The molecule has 5 nitrogen and oxygen atoms in total. The van der Waals surface area contributed by atoms with Crippen molar-refractivity contribution in [2.75, 3.05) is 13.1 Å². The lowest BCUT2D eigenvalue weighted by Crippen LogP contribution is -2.33. The summed E-state index contributed by atoms with van der Waals surface area (Å²) < 4.78 is 26.3. The second-order valence-corrected chi connectivity index (χ2v) is 6.65. The highest BCUT2D eigenvalue weighted by molar-refractivity contribution is 7.89. The van der Waals surface area contributed by atoms with Gasteiger partial charge in [0.2, 0.25) is 10.0 Å². The van der Waals surface area contributed by atoms with Gasteiger partial charge in [0.25, 0.3) is 0 Å². The minimum Gasteiger partial charge on any atom is -0.411 e. The van der Waals surface area contributed by atoms with E-state index < -0.39 is 10.0 Å². The Kier molecular flexibility index (Phi) is 5.91. The standard InChI is InChI=1S/C14H20N2O3S/c1-12(2)8-10-16(11-9-15-17)20(18,19)14-6-4-13(3)5-7-14/h4-9,17H,10-11H2,1-3H3/b15-9+. The molecule has 1 rings (SSSR count). The van der Waals surface area contributed by atoms with Crippen molar-refractivity contribution in [1.82, 2.24) is 4.31 Å². The molecule has 0 spiro atoms. The average Bonchev–Trinajstić information content (AvgIpc) is 2.38. The number of sulfonamides is 1. The second kappa shape index (κ2) is 7.21. The van der Waals surface area contributed by atoms with Crippen LogP contribution in [0.1, 0.15) is 19.4 Å². The summed E-state index contributed by atoms with van der Waals surface area (Å²) in [5, 5.41) is 11.4. The van der Waals surface area contributed by atoms with Gasteiger partial charge in [-0.1, -0.05) is 29.3 Å². The van der Waals surface area contributed by atoms with Crippen LogP contribution in [-0.2, 0) is 10.0 Å². The molecule has 1 aromatic carbocycles. The Bertz CT molecular complexity index is 585. The maximum Gasteiger partial charge on any atom is 0.243 e. The Morgan fingerprint density at radius 3 is 2.35 bits per heavy atom. The number of benzene rings is 1. The van der Waals surface area contributed by atoms with Gasteiger partial charge in [-0.2, -0.15) is 4.31 Å². The van der Waals surface area contributed by atoms with E-state index in [4.69, 9.17) is 5.21 Å². The molecule has 0 fully saturated rings. The molecule has 0 aliphatic carbocycles. The summed E-state index contributed by atoms with van der Waals surface area (Å²) in [5.74, 6) is 0. The van der Waals surface area contributed by atoms with Crippen LogP contribution >= 0.6 is 0 Å². The summed E-state index contributed by atoms with van der Waals surface area (Å²) in [5.41, 5.74) is 2.02. The van der Waals surface area contributed by atoms with Crippen molar-refractivity contribution in [3.63, 3.8) is 0 Å². The molecule has 0 saturated carbocycles. The zero-order valence-corrected chi connectivity index (χ0v) is 12.8. The van der Waals surface area contributed by atoms with E-state index >= 15 is 0 Å². The van der Waals surface area contributed by atoms with Gasteiger partial charge in [0.05, 0.1) is 17.7 Å². The first-order chi connectivity index (χ1) is 9.37. The summed E-state index contributed by atoms with van der Waals surface area (Å²) in [4.78, 5) is 0.233. The minimum absolute atomic E-state index is 0.0243. The number of rotatable bonds is 6. The fourth-order valence-corrected chi connectivity index (χ4v) is 2.85. The van der Waals surface area contributed by atoms with Gasteiger partial charge in [-0.15, -0.1) is 5.16 Å². The third-order valence-electron chi connectivity index (χ3n) is 2.73. The second-order valence-electron chi connectivity index (χ2n) is 4.71. The van der Waals surface area contributed by atoms with Gasteiger partial charge in [0.1, 0.15) is 0 Å². The minimum atomic E-state index is -3.60. The first-order valence-electron chi connectivity index (χ1n) is 6.24. The molecular weight excluding hydrogens is 276 g/mol. The molecule has 0 amide bonds. The van der Waals surface area contributed by atoms with E-state index in [0.29, 0.717) is 0 Å². The predicted molar refractivity (Wildman–Crippen MR) is 79.6 cm³/mol. The number of aryl methyl sites for hydroxylation is 1. The molecule has 0 heterocycles. The van der Waals surface area contributed by atoms with Crippen LogP contribution in [0.4, 0.5) is 0 Å². The van der Waals surface area contributed by atoms with Crippen molar-refractivity contribution in [1.29, 1.82) is 0 Å². The third kappa shape index (κ3) is 4.47. The van der Waals surface area contributed by atoms with Gasteiger partial charge in [-0.25, -0.2) is 8.42 Å². The highest BCUT2D eigenvalue weighted by Gasteiger charge is 2.22. The van der Waals surface area contributed by atoms with Gasteiger partial charge < -0.3 is 5.21 Å².